The predicted octanol–water partition coefficient (Wildman–Crippen LogP) is 5.13. The summed E-state index contributed by atoms with van der Waals surface area (Å²) in [5.74, 6) is 0.610. The minimum Gasteiger partial charge on any atom is -0.481 e. The summed E-state index contributed by atoms with van der Waals surface area (Å²) >= 11 is 0. The van der Waals surface area contributed by atoms with Gasteiger partial charge in [-0.15, -0.1) is 0 Å². The zero-order valence-corrected chi connectivity index (χ0v) is 18.4. The average Bonchev–Trinajstić information content (AvgIpc) is 3.37. The van der Waals surface area contributed by atoms with E-state index in [0.29, 0.717) is 23.7 Å². The second kappa shape index (κ2) is 9.62. The Morgan fingerprint density at radius 3 is 2.73 bits per heavy atom. The molecule has 1 aliphatic carbocycles. The molecule has 3 rings (SSSR count). The maximum absolute atomic E-state index is 11.4. The molecule has 0 amide bonds. The lowest BCUT2D eigenvalue weighted by Gasteiger charge is -2.48. The first-order chi connectivity index (χ1) is 14.3. The molecule has 0 spiro atoms. The minimum atomic E-state index is -0.835. The number of aromatic nitrogens is 4. The summed E-state index contributed by atoms with van der Waals surface area (Å²) in [7, 11) is 0. The Morgan fingerprint density at radius 2 is 2.10 bits per heavy atom. The van der Waals surface area contributed by atoms with E-state index in [1.807, 2.05) is 6.07 Å². The van der Waals surface area contributed by atoms with Gasteiger partial charge in [0.2, 0.25) is 5.89 Å². The van der Waals surface area contributed by atoms with Crippen molar-refractivity contribution in [2.45, 2.75) is 91.0 Å². The van der Waals surface area contributed by atoms with E-state index in [4.69, 9.17) is 4.52 Å². The Morgan fingerprint density at radius 1 is 1.33 bits per heavy atom. The first kappa shape index (κ1) is 22.3. The fraction of sp³-hybridized carbons (Fsp3) is 0.727. The molecule has 1 unspecified atom stereocenters. The molecule has 8 nitrogen and oxygen atoms in total. The molecule has 2 aromatic heterocycles. The SMILES string of the molecule is CC(C)(C)C1(CCCC(CC(=O)O)c2nc(CNc3ccn[nH]3)no2)CCCCC1. The van der Waals surface area contributed by atoms with Crippen molar-refractivity contribution < 1.29 is 14.4 Å². The van der Waals surface area contributed by atoms with Gasteiger partial charge in [-0.05, 0) is 42.6 Å². The number of aliphatic carboxylic acids is 1. The highest BCUT2D eigenvalue weighted by atomic mass is 16.5. The van der Waals surface area contributed by atoms with Crippen molar-refractivity contribution in [2.75, 3.05) is 5.32 Å². The fourth-order valence-electron chi connectivity index (χ4n) is 4.85. The molecule has 0 bridgehead atoms. The molecule has 2 heterocycles. The second-order valence-corrected chi connectivity index (χ2v) is 9.65. The van der Waals surface area contributed by atoms with Crippen LogP contribution in [-0.4, -0.2) is 31.4 Å². The van der Waals surface area contributed by atoms with Gasteiger partial charge in [0, 0.05) is 5.92 Å². The van der Waals surface area contributed by atoms with Gasteiger partial charge in [-0.25, -0.2) is 0 Å². The van der Waals surface area contributed by atoms with Crippen molar-refractivity contribution in [2.24, 2.45) is 10.8 Å². The maximum atomic E-state index is 11.4. The van der Waals surface area contributed by atoms with Gasteiger partial charge in [-0.1, -0.05) is 51.6 Å². The molecule has 1 saturated carbocycles. The summed E-state index contributed by atoms with van der Waals surface area (Å²) in [6.45, 7) is 7.44. The smallest absolute Gasteiger partial charge is 0.304 e. The van der Waals surface area contributed by atoms with Gasteiger partial charge in [-0.2, -0.15) is 10.1 Å². The van der Waals surface area contributed by atoms with E-state index in [9.17, 15) is 9.90 Å². The van der Waals surface area contributed by atoms with E-state index in [-0.39, 0.29) is 17.8 Å². The topological polar surface area (TPSA) is 117 Å². The Kier molecular flexibility index (Phi) is 7.15. The molecule has 166 valence electrons. The van der Waals surface area contributed by atoms with E-state index >= 15 is 0 Å². The fourth-order valence-corrected chi connectivity index (χ4v) is 4.85. The first-order valence-corrected chi connectivity index (χ1v) is 11.1. The van der Waals surface area contributed by atoms with Gasteiger partial charge >= 0.3 is 5.97 Å². The molecule has 0 radical (unpaired) electrons. The number of anilines is 1. The van der Waals surface area contributed by atoms with Crippen molar-refractivity contribution in [3.05, 3.63) is 24.0 Å². The van der Waals surface area contributed by atoms with Crippen molar-refractivity contribution in [3.63, 3.8) is 0 Å². The highest BCUT2D eigenvalue weighted by Crippen LogP contribution is 2.53. The summed E-state index contributed by atoms with van der Waals surface area (Å²) in [4.78, 5) is 15.9. The molecular formula is C22H35N5O3. The van der Waals surface area contributed by atoms with Crippen LogP contribution in [0.15, 0.2) is 16.8 Å². The van der Waals surface area contributed by atoms with Crippen LogP contribution in [0, 0.1) is 10.8 Å². The van der Waals surface area contributed by atoms with Crippen LogP contribution in [0.4, 0.5) is 5.82 Å². The Labute approximate surface area is 178 Å². The van der Waals surface area contributed by atoms with Gasteiger partial charge in [0.05, 0.1) is 19.2 Å². The molecule has 1 aliphatic rings. The second-order valence-electron chi connectivity index (χ2n) is 9.65. The number of carbonyl (C=O) groups is 1. The van der Waals surface area contributed by atoms with Crippen LogP contribution in [-0.2, 0) is 11.3 Å². The van der Waals surface area contributed by atoms with Gasteiger partial charge in [-0.3, -0.25) is 9.89 Å². The zero-order valence-electron chi connectivity index (χ0n) is 18.4. The molecule has 0 saturated heterocycles. The molecule has 2 aromatic rings. The Hall–Kier alpha value is -2.38. The van der Waals surface area contributed by atoms with Crippen LogP contribution in [0.5, 0.6) is 0 Å². The normalized spacial score (nSPS) is 17.6. The van der Waals surface area contributed by atoms with Crippen molar-refractivity contribution in [1.82, 2.24) is 20.3 Å². The molecule has 1 atom stereocenters. The van der Waals surface area contributed by atoms with E-state index in [2.05, 4.69) is 46.4 Å². The lowest BCUT2D eigenvalue weighted by molar-refractivity contribution is -0.137. The summed E-state index contributed by atoms with van der Waals surface area (Å²) in [6.07, 6.45) is 11.0. The van der Waals surface area contributed by atoms with E-state index in [1.165, 1.54) is 32.1 Å². The summed E-state index contributed by atoms with van der Waals surface area (Å²) < 4.78 is 5.44. The van der Waals surface area contributed by atoms with Crippen LogP contribution in [0.1, 0.15) is 96.2 Å². The quantitative estimate of drug-likeness (QED) is 0.490. The molecule has 0 aromatic carbocycles. The molecule has 1 fully saturated rings. The van der Waals surface area contributed by atoms with Gasteiger partial charge in [0.25, 0.3) is 0 Å². The van der Waals surface area contributed by atoms with E-state index in [0.717, 1.165) is 25.1 Å². The standard InChI is InChI=1S/C22H35N5O3/c1-21(2,3)22(10-5-4-6-11-22)12-7-8-16(14-19(28)29)20-25-18(27-30-20)15-23-17-9-13-24-26-17/h9,13,16H,4-8,10-12,14-15H2,1-3H3,(H,28,29)(H2,23,24,26). The molecule has 3 N–H and O–H groups in total. The van der Waals surface area contributed by atoms with Gasteiger partial charge in [0.1, 0.15) is 5.82 Å². The maximum Gasteiger partial charge on any atom is 0.304 e. The highest BCUT2D eigenvalue weighted by molar-refractivity contribution is 5.67. The lowest BCUT2D eigenvalue weighted by atomic mass is 9.57. The number of hydrogen-bond acceptors (Lipinski definition) is 6. The van der Waals surface area contributed by atoms with E-state index < -0.39 is 5.97 Å². The highest BCUT2D eigenvalue weighted by Gasteiger charge is 2.41. The third-order valence-electron chi connectivity index (χ3n) is 6.80. The van der Waals surface area contributed by atoms with Crippen molar-refractivity contribution >= 4 is 11.8 Å². The van der Waals surface area contributed by atoms with Crippen LogP contribution in [0.2, 0.25) is 0 Å². The van der Waals surface area contributed by atoms with Crippen molar-refractivity contribution in [1.29, 1.82) is 0 Å². The number of hydrogen-bond donors (Lipinski definition) is 3. The zero-order chi connectivity index (χ0) is 21.6. The third-order valence-corrected chi connectivity index (χ3v) is 6.80. The molecule has 8 heteroatoms. The molecular weight excluding hydrogens is 382 g/mol. The number of aromatic amines is 1. The first-order valence-electron chi connectivity index (χ1n) is 11.1. The number of rotatable bonds is 10. The summed E-state index contributed by atoms with van der Waals surface area (Å²) in [5, 5.41) is 23.2. The number of nitrogens with one attached hydrogen (secondary N) is 2. The van der Waals surface area contributed by atoms with Crippen LogP contribution in [0.3, 0.4) is 0 Å². The minimum absolute atomic E-state index is 0.0120. The number of carboxylic acids is 1. The molecule has 0 aliphatic heterocycles. The van der Waals surface area contributed by atoms with Gasteiger partial charge < -0.3 is 14.9 Å². The summed E-state index contributed by atoms with van der Waals surface area (Å²) in [5.41, 5.74) is 0.596. The van der Waals surface area contributed by atoms with Crippen LogP contribution < -0.4 is 5.32 Å². The lowest BCUT2D eigenvalue weighted by Crippen LogP contribution is -2.37. The Bertz CT molecular complexity index is 788. The number of nitrogens with zero attached hydrogens (tertiary/aromatic N) is 3. The largest absolute Gasteiger partial charge is 0.481 e. The van der Waals surface area contributed by atoms with Gasteiger partial charge in [0.15, 0.2) is 5.82 Å². The van der Waals surface area contributed by atoms with Crippen LogP contribution in [0.25, 0.3) is 0 Å². The third kappa shape index (κ3) is 5.61. The van der Waals surface area contributed by atoms with E-state index in [1.54, 1.807) is 6.20 Å². The average molecular weight is 418 g/mol. The Balaban J connectivity index is 1.61. The predicted molar refractivity (Wildman–Crippen MR) is 114 cm³/mol. The van der Waals surface area contributed by atoms with Crippen LogP contribution >= 0.6 is 0 Å². The molecule has 30 heavy (non-hydrogen) atoms. The van der Waals surface area contributed by atoms with Crippen molar-refractivity contribution in [3.8, 4) is 0 Å². The number of carboxylic acid groups (broad SMARTS) is 1. The number of H-pyrrole nitrogens is 1. The summed E-state index contributed by atoms with van der Waals surface area (Å²) in [6, 6.07) is 1.81. The monoisotopic (exact) mass is 417 g/mol.